The molecule has 4 aliphatic rings. The Morgan fingerprint density at radius 3 is 2.39 bits per heavy atom. The maximum atomic E-state index is 14.1. The van der Waals surface area contributed by atoms with Crippen LogP contribution in [0.4, 0.5) is 5.69 Å². The van der Waals surface area contributed by atoms with Crippen molar-refractivity contribution in [1.29, 1.82) is 0 Å². The number of fused-ring (bicyclic) bond motifs is 3. The van der Waals surface area contributed by atoms with Gasteiger partial charge >= 0.3 is 0 Å². The Morgan fingerprint density at radius 2 is 1.80 bits per heavy atom. The van der Waals surface area contributed by atoms with E-state index >= 15 is 0 Å². The molecule has 4 atom stereocenters. The highest BCUT2D eigenvalue weighted by Gasteiger charge is 2.64. The molecular weight excluding hydrogens is 526 g/mol. The number of Topliss-reactive ketones (excluding diaryl/α,β-unsaturated/α-hetero) is 2. The Bertz CT molecular complexity index is 1540. The number of carbonyl (C=O) groups excluding carboxylic acids is 3. The summed E-state index contributed by atoms with van der Waals surface area (Å²) in [5.41, 5.74) is 4.29. The second-order valence-electron chi connectivity index (χ2n) is 11.7. The van der Waals surface area contributed by atoms with Gasteiger partial charge in [-0.2, -0.15) is 0 Å². The predicted molar refractivity (Wildman–Crippen MR) is 152 cm³/mol. The maximum Gasteiger partial charge on any atom is 0.255 e. The minimum Gasteiger partial charge on any atom is -0.508 e. The number of anilines is 1. The zero-order valence-corrected chi connectivity index (χ0v) is 23.6. The number of primary amides is 1. The summed E-state index contributed by atoms with van der Waals surface area (Å²) < 4.78 is 0. The van der Waals surface area contributed by atoms with Crippen LogP contribution in [0.2, 0.25) is 0 Å². The Balaban J connectivity index is 1.71. The fourth-order valence-electron chi connectivity index (χ4n) is 6.89. The second kappa shape index (κ2) is 10.1. The lowest BCUT2D eigenvalue weighted by Gasteiger charge is -2.50. The summed E-state index contributed by atoms with van der Waals surface area (Å²) in [6.45, 7) is 0. The van der Waals surface area contributed by atoms with Crippen molar-refractivity contribution in [2.45, 2.75) is 50.2 Å². The normalized spacial score (nSPS) is 27.5. The van der Waals surface area contributed by atoms with Gasteiger partial charge in [0.25, 0.3) is 5.91 Å². The van der Waals surface area contributed by atoms with E-state index in [9.17, 15) is 34.8 Å². The average Bonchev–Trinajstić information content (AvgIpc) is 2.90. The Labute approximate surface area is 238 Å². The summed E-state index contributed by atoms with van der Waals surface area (Å²) >= 11 is 0. The van der Waals surface area contributed by atoms with Crippen LogP contribution in [-0.2, 0) is 20.8 Å². The molecule has 1 saturated carbocycles. The number of hydrogen-bond donors (Lipinski definition) is 5. The quantitative estimate of drug-likeness (QED) is 0.274. The number of phenols is 1. The predicted octanol–water partition coefficient (Wildman–Crippen LogP) is 1.88. The van der Waals surface area contributed by atoms with Crippen molar-refractivity contribution < 1.29 is 34.8 Å². The Kier molecular flexibility index (Phi) is 7.00. The van der Waals surface area contributed by atoms with Gasteiger partial charge in [-0.25, -0.2) is 0 Å². The van der Waals surface area contributed by atoms with Gasteiger partial charge in [0.15, 0.2) is 11.4 Å². The van der Waals surface area contributed by atoms with Gasteiger partial charge in [0.1, 0.15) is 22.8 Å². The minimum atomic E-state index is -2.67. The summed E-state index contributed by atoms with van der Waals surface area (Å²) in [6, 6.07) is 0.630. The molecule has 0 aliphatic heterocycles. The van der Waals surface area contributed by atoms with Gasteiger partial charge in [0.05, 0.1) is 17.2 Å². The summed E-state index contributed by atoms with van der Waals surface area (Å²) in [5.74, 6) is -0.604. The SMILES string of the molecule is CN(C)c1cc(C#CC2=CCCCC2)c(O)c2c1C[C@@H]1C[C@@H]3[C@@H](N(C)C)C(=O)C(C(N)=O)=C(O)[C@]3(O)C(=O)C1=C2O. The standard InChI is InChI=1S/C31H35N3O7/c1-33(2)20-14-16(11-10-15-8-6-5-7-9-15)25(35)22-18(20)12-17-13-19-24(34(3)4)27(37)23(30(32)40)29(39)31(19,41)28(38)21(17)26(22)36/h8,14,17,19,24,35-36,39,41H,5-7,9,12-13H2,1-4H3,(H2,32,40)/t17-,19-,24-,31-/m1/s1. The number of nitrogens with two attached hydrogens (primary N) is 1. The molecule has 0 radical (unpaired) electrons. The largest absolute Gasteiger partial charge is 0.508 e. The van der Waals surface area contributed by atoms with E-state index in [1.54, 1.807) is 20.2 Å². The molecule has 1 amide bonds. The van der Waals surface area contributed by atoms with Crippen LogP contribution >= 0.6 is 0 Å². The van der Waals surface area contributed by atoms with Gasteiger partial charge in [-0.05, 0) is 75.7 Å². The number of allylic oxidation sites excluding steroid dienone is 2. The van der Waals surface area contributed by atoms with Crippen LogP contribution in [0.15, 0.2) is 34.6 Å². The van der Waals surface area contributed by atoms with Crippen LogP contribution in [0.25, 0.3) is 5.76 Å². The van der Waals surface area contributed by atoms with Crippen LogP contribution < -0.4 is 10.6 Å². The third kappa shape index (κ3) is 4.23. The first-order valence-electron chi connectivity index (χ1n) is 13.7. The van der Waals surface area contributed by atoms with Crippen LogP contribution in [0, 0.1) is 23.7 Å². The summed E-state index contributed by atoms with van der Waals surface area (Å²) in [7, 11) is 6.79. The lowest BCUT2D eigenvalue weighted by molar-refractivity contribution is -0.153. The number of likely N-dealkylation sites (N-methyl/N-ethyl adjacent to an activating group) is 1. The van der Waals surface area contributed by atoms with Crippen molar-refractivity contribution in [2.75, 3.05) is 33.1 Å². The average molecular weight is 562 g/mol. The molecule has 216 valence electrons. The third-order valence-corrected chi connectivity index (χ3v) is 8.83. The van der Waals surface area contributed by atoms with Gasteiger partial charge in [0, 0.05) is 31.3 Å². The summed E-state index contributed by atoms with van der Waals surface area (Å²) in [6.07, 6.45) is 6.28. The van der Waals surface area contributed by atoms with Gasteiger partial charge in [-0.3, -0.25) is 19.3 Å². The molecule has 10 nitrogen and oxygen atoms in total. The van der Waals surface area contributed by atoms with E-state index in [0.29, 0.717) is 11.3 Å². The lowest BCUT2D eigenvalue weighted by Crippen LogP contribution is -2.65. The fourth-order valence-corrected chi connectivity index (χ4v) is 6.89. The minimum absolute atomic E-state index is 0.0365. The topological polar surface area (TPSA) is 165 Å². The van der Waals surface area contributed by atoms with E-state index in [0.717, 1.165) is 31.3 Å². The van der Waals surface area contributed by atoms with Crippen LogP contribution in [0.1, 0.15) is 48.8 Å². The maximum absolute atomic E-state index is 14.1. The van der Waals surface area contributed by atoms with Crippen molar-refractivity contribution in [3.63, 3.8) is 0 Å². The molecular formula is C31H35N3O7. The number of aliphatic hydroxyl groups excluding tert-OH is 2. The van der Waals surface area contributed by atoms with E-state index in [-0.39, 0.29) is 35.3 Å². The number of hydrogen-bond acceptors (Lipinski definition) is 9. The number of phenolic OH excluding ortho intramolecular Hbond substituents is 1. The molecule has 5 rings (SSSR count). The molecule has 0 unspecified atom stereocenters. The Morgan fingerprint density at radius 1 is 1.10 bits per heavy atom. The van der Waals surface area contributed by atoms with Crippen molar-refractivity contribution in [2.24, 2.45) is 17.6 Å². The molecule has 0 heterocycles. The molecule has 41 heavy (non-hydrogen) atoms. The summed E-state index contributed by atoms with van der Waals surface area (Å²) in [5, 5.41) is 45.7. The van der Waals surface area contributed by atoms with E-state index in [4.69, 9.17) is 5.73 Å². The number of nitrogens with zero attached hydrogens (tertiary/aromatic N) is 2. The first kappa shape index (κ1) is 28.5. The second-order valence-corrected chi connectivity index (χ2v) is 11.7. The molecule has 0 bridgehead atoms. The molecule has 6 N–H and O–H groups in total. The van der Waals surface area contributed by atoms with Crippen LogP contribution in [0.3, 0.4) is 0 Å². The van der Waals surface area contributed by atoms with Crippen molar-refractivity contribution in [1.82, 2.24) is 4.90 Å². The molecule has 0 spiro atoms. The molecule has 1 aromatic carbocycles. The fraction of sp³-hybridized carbons (Fsp3) is 0.452. The number of carbonyl (C=O) groups is 3. The van der Waals surface area contributed by atoms with E-state index in [1.807, 2.05) is 19.0 Å². The summed E-state index contributed by atoms with van der Waals surface area (Å²) in [4.78, 5) is 42.8. The first-order valence-corrected chi connectivity index (χ1v) is 13.7. The molecule has 4 aliphatic carbocycles. The smallest absolute Gasteiger partial charge is 0.255 e. The van der Waals surface area contributed by atoms with Gasteiger partial charge in [-0.15, -0.1) is 0 Å². The molecule has 0 saturated heterocycles. The van der Waals surface area contributed by atoms with Crippen molar-refractivity contribution in [3.8, 4) is 17.6 Å². The van der Waals surface area contributed by atoms with Gasteiger partial charge < -0.3 is 31.1 Å². The zero-order chi connectivity index (χ0) is 30.0. The number of aromatic hydroxyl groups is 1. The number of benzene rings is 1. The lowest BCUT2D eigenvalue weighted by atomic mass is 9.57. The monoisotopic (exact) mass is 561 g/mol. The van der Waals surface area contributed by atoms with Crippen LogP contribution in [0.5, 0.6) is 5.75 Å². The highest BCUT2D eigenvalue weighted by atomic mass is 16.3. The van der Waals surface area contributed by atoms with E-state index in [1.165, 1.54) is 4.90 Å². The number of amides is 1. The van der Waals surface area contributed by atoms with E-state index < -0.39 is 58.0 Å². The van der Waals surface area contributed by atoms with E-state index in [2.05, 4.69) is 17.9 Å². The molecule has 1 fully saturated rings. The zero-order valence-electron chi connectivity index (χ0n) is 23.6. The molecule has 0 aromatic heterocycles. The third-order valence-electron chi connectivity index (χ3n) is 8.83. The Hall–Kier alpha value is -4.07. The molecule has 10 heteroatoms. The van der Waals surface area contributed by atoms with Gasteiger partial charge in [-0.1, -0.05) is 17.9 Å². The van der Waals surface area contributed by atoms with Crippen molar-refractivity contribution in [3.05, 3.63) is 51.3 Å². The first-order chi connectivity index (χ1) is 19.3. The molecule has 1 aromatic rings. The highest BCUT2D eigenvalue weighted by Crippen LogP contribution is 2.54. The highest BCUT2D eigenvalue weighted by molar-refractivity contribution is 6.24. The van der Waals surface area contributed by atoms with Gasteiger partial charge in [0.2, 0.25) is 5.78 Å². The number of ketones is 2. The number of rotatable bonds is 3. The van der Waals surface area contributed by atoms with Crippen LogP contribution in [-0.4, -0.2) is 82.6 Å². The number of aliphatic hydroxyl groups is 3. The van der Waals surface area contributed by atoms with Crippen molar-refractivity contribution >= 4 is 28.9 Å².